The van der Waals surface area contributed by atoms with Crippen LogP contribution in [0.4, 0.5) is 5.69 Å². The van der Waals surface area contributed by atoms with Gasteiger partial charge in [-0.1, -0.05) is 50.2 Å². The lowest BCUT2D eigenvalue weighted by atomic mass is 9.94. The van der Waals surface area contributed by atoms with Crippen molar-refractivity contribution in [1.29, 1.82) is 0 Å². The zero-order chi connectivity index (χ0) is 19.0. The molecule has 0 unspecified atom stereocenters. The second-order valence-corrected chi connectivity index (χ2v) is 7.10. The lowest BCUT2D eigenvalue weighted by molar-refractivity contribution is -0.114. The number of aromatic nitrogens is 2. The molecule has 3 aromatic rings. The van der Waals surface area contributed by atoms with Gasteiger partial charge in [-0.3, -0.25) is 14.5 Å². The van der Waals surface area contributed by atoms with Gasteiger partial charge >= 0.3 is 0 Å². The Kier molecular flexibility index (Phi) is 4.36. The van der Waals surface area contributed by atoms with Gasteiger partial charge in [-0.15, -0.1) is 0 Å². The number of nitrogens with zero attached hydrogens (tertiary/aromatic N) is 3. The number of carbonyl (C=O) groups excluding carboxylic acids is 1. The number of fused-ring (bicyclic) bond motifs is 1. The van der Waals surface area contributed by atoms with Gasteiger partial charge in [0, 0.05) is 29.9 Å². The summed E-state index contributed by atoms with van der Waals surface area (Å²) in [7, 11) is 1.94. The molecule has 5 nitrogen and oxygen atoms in total. The highest BCUT2D eigenvalue weighted by Crippen LogP contribution is 2.32. The number of aryl methyl sites for hydroxylation is 1. The van der Waals surface area contributed by atoms with Crippen LogP contribution in [0, 0.1) is 0 Å². The van der Waals surface area contributed by atoms with Crippen LogP contribution < -0.4 is 5.32 Å². The van der Waals surface area contributed by atoms with Crippen LogP contribution in [0.2, 0.25) is 0 Å². The molecule has 0 bridgehead atoms. The highest BCUT2D eigenvalue weighted by Gasteiger charge is 2.20. The van der Waals surface area contributed by atoms with E-state index in [1.54, 1.807) is 0 Å². The predicted molar refractivity (Wildman–Crippen MR) is 108 cm³/mol. The van der Waals surface area contributed by atoms with E-state index in [0.29, 0.717) is 5.92 Å². The lowest BCUT2D eigenvalue weighted by Gasteiger charge is -2.13. The highest BCUT2D eigenvalue weighted by molar-refractivity contribution is 6.19. The Morgan fingerprint density at radius 2 is 1.81 bits per heavy atom. The van der Waals surface area contributed by atoms with Crippen LogP contribution in [0.15, 0.2) is 59.7 Å². The number of hydrogen-bond acceptors (Lipinski definition) is 3. The molecule has 2 aromatic carbocycles. The Hall–Kier alpha value is -3.21. The fourth-order valence-electron chi connectivity index (χ4n) is 3.44. The molecule has 0 radical (unpaired) electrons. The standard InChI is InChI=1S/C22H22N4O/c1-14(2)21-18(13-26(3)25-21)16-9-10-19-17(11-16)22(23-12-20(27)24-19)15-7-5-4-6-8-15/h4-11,13-14H,12H2,1-3H3,(H,24,27). The molecule has 0 atom stereocenters. The van der Waals surface area contributed by atoms with Crippen molar-refractivity contribution in [3.8, 4) is 11.1 Å². The van der Waals surface area contributed by atoms with Crippen LogP contribution >= 0.6 is 0 Å². The Labute approximate surface area is 158 Å². The zero-order valence-electron chi connectivity index (χ0n) is 15.7. The van der Waals surface area contributed by atoms with Crippen molar-refractivity contribution in [1.82, 2.24) is 9.78 Å². The first-order valence-electron chi connectivity index (χ1n) is 9.11. The number of rotatable bonds is 3. The average Bonchev–Trinajstić information content (AvgIpc) is 2.97. The summed E-state index contributed by atoms with van der Waals surface area (Å²) in [5.41, 5.74) is 6.81. The highest BCUT2D eigenvalue weighted by atomic mass is 16.1. The first kappa shape index (κ1) is 17.2. The van der Waals surface area contributed by atoms with Crippen molar-refractivity contribution in [2.75, 3.05) is 11.9 Å². The molecule has 1 N–H and O–H groups in total. The van der Waals surface area contributed by atoms with E-state index >= 15 is 0 Å². The zero-order valence-corrected chi connectivity index (χ0v) is 15.7. The van der Waals surface area contributed by atoms with Gasteiger partial charge < -0.3 is 5.32 Å². The predicted octanol–water partition coefficient (Wildman–Crippen LogP) is 4.00. The summed E-state index contributed by atoms with van der Waals surface area (Å²) in [6, 6.07) is 16.1. The fourth-order valence-corrected chi connectivity index (χ4v) is 3.44. The topological polar surface area (TPSA) is 59.3 Å². The first-order chi connectivity index (χ1) is 13.0. The van der Waals surface area contributed by atoms with E-state index in [0.717, 1.165) is 39.3 Å². The molecule has 1 aliphatic rings. The molecular formula is C22H22N4O. The molecule has 27 heavy (non-hydrogen) atoms. The number of benzodiazepines with no additional fused rings is 1. The quantitative estimate of drug-likeness (QED) is 0.769. The smallest absolute Gasteiger partial charge is 0.246 e. The number of benzene rings is 2. The maximum atomic E-state index is 12.1. The average molecular weight is 358 g/mol. The van der Waals surface area contributed by atoms with Crippen LogP contribution in [0.3, 0.4) is 0 Å². The molecule has 0 aliphatic carbocycles. The summed E-state index contributed by atoms with van der Waals surface area (Å²) in [6.07, 6.45) is 2.05. The van der Waals surface area contributed by atoms with Crippen molar-refractivity contribution in [2.24, 2.45) is 12.0 Å². The minimum atomic E-state index is -0.0980. The molecule has 1 aromatic heterocycles. The fraction of sp³-hybridized carbons (Fsp3) is 0.227. The van der Waals surface area contributed by atoms with Gasteiger partial charge in [0.1, 0.15) is 6.54 Å². The molecule has 0 fully saturated rings. The van der Waals surface area contributed by atoms with Gasteiger partial charge in [0.25, 0.3) is 0 Å². The lowest BCUT2D eigenvalue weighted by Crippen LogP contribution is -2.13. The van der Waals surface area contributed by atoms with E-state index in [-0.39, 0.29) is 12.5 Å². The molecule has 4 rings (SSSR count). The Morgan fingerprint density at radius 1 is 1.04 bits per heavy atom. The number of hydrogen-bond donors (Lipinski definition) is 1. The molecule has 0 saturated heterocycles. The van der Waals surface area contributed by atoms with Crippen molar-refractivity contribution in [3.05, 3.63) is 71.5 Å². The van der Waals surface area contributed by atoms with E-state index in [1.165, 1.54) is 0 Å². The van der Waals surface area contributed by atoms with Crippen LogP contribution in [-0.4, -0.2) is 27.9 Å². The van der Waals surface area contributed by atoms with Crippen molar-refractivity contribution in [2.45, 2.75) is 19.8 Å². The maximum absolute atomic E-state index is 12.1. The molecule has 0 saturated carbocycles. The second kappa shape index (κ2) is 6.83. The monoisotopic (exact) mass is 358 g/mol. The van der Waals surface area contributed by atoms with Crippen LogP contribution in [0.1, 0.15) is 36.6 Å². The van der Waals surface area contributed by atoms with Crippen molar-refractivity contribution < 1.29 is 4.79 Å². The SMILES string of the molecule is CC(C)c1nn(C)cc1-c1ccc2c(c1)C(c1ccccc1)=NCC(=O)N2. The number of nitrogens with one attached hydrogen (secondary N) is 1. The molecule has 0 spiro atoms. The van der Waals surface area contributed by atoms with Crippen LogP contribution in [0.25, 0.3) is 11.1 Å². The molecule has 1 aliphatic heterocycles. The third kappa shape index (κ3) is 3.28. The Morgan fingerprint density at radius 3 is 2.56 bits per heavy atom. The third-order valence-corrected chi connectivity index (χ3v) is 4.69. The van der Waals surface area contributed by atoms with Crippen molar-refractivity contribution in [3.63, 3.8) is 0 Å². The van der Waals surface area contributed by atoms with E-state index in [1.807, 2.05) is 60.4 Å². The number of anilines is 1. The van der Waals surface area contributed by atoms with E-state index in [9.17, 15) is 4.79 Å². The Bertz CT molecular complexity index is 1030. The largest absolute Gasteiger partial charge is 0.324 e. The molecule has 2 heterocycles. The molecule has 5 heteroatoms. The number of carbonyl (C=O) groups is 1. The van der Waals surface area contributed by atoms with Gasteiger partial charge in [0.2, 0.25) is 5.91 Å². The summed E-state index contributed by atoms with van der Waals surface area (Å²) < 4.78 is 1.85. The summed E-state index contributed by atoms with van der Waals surface area (Å²) in [4.78, 5) is 16.7. The summed E-state index contributed by atoms with van der Waals surface area (Å²) in [6.45, 7) is 4.41. The summed E-state index contributed by atoms with van der Waals surface area (Å²) in [5.74, 6) is 0.223. The van der Waals surface area contributed by atoms with Gasteiger partial charge in [-0.2, -0.15) is 5.10 Å². The first-order valence-corrected chi connectivity index (χ1v) is 9.11. The number of amides is 1. The molecular weight excluding hydrogens is 336 g/mol. The number of aliphatic imine (C=N–C) groups is 1. The van der Waals surface area contributed by atoms with Crippen LogP contribution in [-0.2, 0) is 11.8 Å². The molecule has 1 amide bonds. The van der Waals surface area contributed by atoms with Gasteiger partial charge in [-0.05, 0) is 23.6 Å². The van der Waals surface area contributed by atoms with E-state index < -0.39 is 0 Å². The molecule has 136 valence electrons. The maximum Gasteiger partial charge on any atom is 0.246 e. The normalized spacial score (nSPS) is 13.8. The van der Waals surface area contributed by atoms with Gasteiger partial charge in [0.05, 0.1) is 17.1 Å². The van der Waals surface area contributed by atoms with E-state index in [4.69, 9.17) is 0 Å². The van der Waals surface area contributed by atoms with Gasteiger partial charge in [0.15, 0.2) is 0 Å². The van der Waals surface area contributed by atoms with Crippen LogP contribution in [0.5, 0.6) is 0 Å². The minimum Gasteiger partial charge on any atom is -0.324 e. The summed E-state index contributed by atoms with van der Waals surface area (Å²) in [5, 5.41) is 7.59. The van der Waals surface area contributed by atoms with Gasteiger partial charge in [-0.25, -0.2) is 0 Å². The minimum absolute atomic E-state index is 0.0980. The van der Waals surface area contributed by atoms with Crippen molar-refractivity contribution >= 4 is 17.3 Å². The van der Waals surface area contributed by atoms with E-state index in [2.05, 4.69) is 35.3 Å². The second-order valence-electron chi connectivity index (χ2n) is 7.10. The Balaban J connectivity index is 1.89. The third-order valence-electron chi connectivity index (χ3n) is 4.69. The summed E-state index contributed by atoms with van der Waals surface area (Å²) >= 11 is 0.